The van der Waals surface area contributed by atoms with Crippen molar-refractivity contribution in [1.29, 1.82) is 0 Å². The van der Waals surface area contributed by atoms with Gasteiger partial charge in [-0.3, -0.25) is 4.68 Å². The van der Waals surface area contributed by atoms with E-state index in [4.69, 9.17) is 4.74 Å². The summed E-state index contributed by atoms with van der Waals surface area (Å²) in [6.45, 7) is 5.96. The van der Waals surface area contributed by atoms with E-state index in [1.165, 1.54) is 0 Å². The highest BCUT2D eigenvalue weighted by Gasteiger charge is 2.37. The van der Waals surface area contributed by atoms with Gasteiger partial charge in [-0.25, -0.2) is 0 Å². The van der Waals surface area contributed by atoms with Gasteiger partial charge in [-0.2, -0.15) is 5.10 Å². The molecular weight excluding hydrogens is 192 g/mol. The van der Waals surface area contributed by atoms with E-state index in [-0.39, 0.29) is 5.92 Å². The van der Waals surface area contributed by atoms with Crippen LogP contribution in [0.15, 0.2) is 6.20 Å². The standard InChI is InChI=1S/C11H20N2O2/c1-6-11(14,8(2)3)10-9(15-5)7-12-13(10)4/h7-8,14H,6H2,1-5H3. The van der Waals surface area contributed by atoms with Gasteiger partial charge in [0.2, 0.25) is 0 Å². The zero-order valence-electron chi connectivity index (χ0n) is 10.1. The Hall–Kier alpha value is -1.03. The lowest BCUT2D eigenvalue weighted by atomic mass is 9.84. The van der Waals surface area contributed by atoms with Crippen molar-refractivity contribution in [3.8, 4) is 5.75 Å². The zero-order valence-corrected chi connectivity index (χ0v) is 10.1. The molecule has 0 radical (unpaired) electrons. The van der Waals surface area contributed by atoms with Crippen molar-refractivity contribution in [3.63, 3.8) is 0 Å². The minimum Gasteiger partial charge on any atom is -0.493 e. The van der Waals surface area contributed by atoms with E-state index < -0.39 is 5.60 Å². The highest BCUT2D eigenvalue weighted by Crippen LogP contribution is 2.37. The van der Waals surface area contributed by atoms with Crippen LogP contribution in [0, 0.1) is 5.92 Å². The van der Waals surface area contributed by atoms with E-state index in [2.05, 4.69) is 5.10 Å². The molecule has 0 aliphatic heterocycles. The molecule has 1 unspecified atom stereocenters. The third-order valence-electron chi connectivity index (χ3n) is 3.03. The normalized spacial score (nSPS) is 15.4. The Kier molecular flexibility index (Phi) is 3.39. The van der Waals surface area contributed by atoms with Crippen LogP contribution in [0.1, 0.15) is 32.9 Å². The van der Waals surface area contributed by atoms with E-state index in [9.17, 15) is 5.11 Å². The minimum absolute atomic E-state index is 0.117. The molecule has 0 aliphatic rings. The molecule has 1 aromatic heterocycles. The number of rotatable bonds is 4. The van der Waals surface area contributed by atoms with Gasteiger partial charge in [0, 0.05) is 7.05 Å². The predicted octanol–water partition coefficient (Wildman–Crippen LogP) is 1.68. The van der Waals surface area contributed by atoms with Gasteiger partial charge in [0.25, 0.3) is 0 Å². The molecule has 0 saturated heterocycles. The smallest absolute Gasteiger partial charge is 0.162 e. The quantitative estimate of drug-likeness (QED) is 0.826. The van der Waals surface area contributed by atoms with Crippen molar-refractivity contribution in [2.24, 2.45) is 13.0 Å². The molecule has 4 nitrogen and oxygen atoms in total. The summed E-state index contributed by atoms with van der Waals surface area (Å²) in [4.78, 5) is 0. The summed E-state index contributed by atoms with van der Waals surface area (Å²) < 4.78 is 6.90. The average molecular weight is 212 g/mol. The fraction of sp³-hybridized carbons (Fsp3) is 0.727. The van der Waals surface area contributed by atoms with E-state index in [1.807, 2.05) is 27.8 Å². The first-order valence-electron chi connectivity index (χ1n) is 5.26. The molecule has 0 saturated carbocycles. The molecule has 86 valence electrons. The maximum Gasteiger partial charge on any atom is 0.162 e. The molecule has 0 aromatic carbocycles. The number of aryl methyl sites for hydroxylation is 1. The van der Waals surface area contributed by atoms with Crippen LogP contribution in [0.4, 0.5) is 0 Å². The van der Waals surface area contributed by atoms with Crippen molar-refractivity contribution in [2.75, 3.05) is 7.11 Å². The summed E-state index contributed by atoms with van der Waals surface area (Å²) in [5.41, 5.74) is -0.126. The van der Waals surface area contributed by atoms with Crippen molar-refractivity contribution in [3.05, 3.63) is 11.9 Å². The SMILES string of the molecule is CCC(O)(c1c(OC)cnn1C)C(C)C. The second kappa shape index (κ2) is 4.23. The molecule has 15 heavy (non-hydrogen) atoms. The molecule has 0 fully saturated rings. The summed E-state index contributed by atoms with van der Waals surface area (Å²) in [5, 5.41) is 14.7. The third kappa shape index (κ3) is 1.86. The number of aromatic nitrogens is 2. The fourth-order valence-electron chi connectivity index (χ4n) is 1.91. The van der Waals surface area contributed by atoms with Crippen LogP contribution in [0.3, 0.4) is 0 Å². The number of methoxy groups -OCH3 is 1. The molecule has 0 aliphatic carbocycles. The second-order valence-corrected chi connectivity index (χ2v) is 4.12. The lowest BCUT2D eigenvalue weighted by Crippen LogP contribution is -2.34. The van der Waals surface area contributed by atoms with Crippen LogP contribution in [0.5, 0.6) is 5.75 Å². The van der Waals surface area contributed by atoms with Gasteiger partial charge in [0.15, 0.2) is 5.75 Å². The molecule has 1 heterocycles. The first-order valence-corrected chi connectivity index (χ1v) is 5.26. The van der Waals surface area contributed by atoms with Crippen molar-refractivity contribution >= 4 is 0 Å². The monoisotopic (exact) mass is 212 g/mol. The van der Waals surface area contributed by atoms with Crippen molar-refractivity contribution in [1.82, 2.24) is 9.78 Å². The topological polar surface area (TPSA) is 47.3 Å². The molecule has 0 spiro atoms. The minimum atomic E-state index is -0.878. The maximum absolute atomic E-state index is 10.6. The highest BCUT2D eigenvalue weighted by molar-refractivity contribution is 5.31. The maximum atomic E-state index is 10.6. The molecular formula is C11H20N2O2. The van der Waals surface area contributed by atoms with Gasteiger partial charge in [-0.05, 0) is 12.3 Å². The van der Waals surface area contributed by atoms with Crippen molar-refractivity contribution < 1.29 is 9.84 Å². The Bertz CT molecular complexity index is 333. The van der Waals surface area contributed by atoms with Crippen molar-refractivity contribution in [2.45, 2.75) is 32.8 Å². The number of aliphatic hydroxyl groups is 1. The lowest BCUT2D eigenvalue weighted by molar-refractivity contribution is -0.0231. The van der Waals surface area contributed by atoms with Crippen LogP contribution in [0.25, 0.3) is 0 Å². The molecule has 1 aromatic rings. The molecule has 0 bridgehead atoms. The first-order chi connectivity index (χ1) is 6.97. The Morgan fingerprint density at radius 2 is 2.20 bits per heavy atom. The second-order valence-electron chi connectivity index (χ2n) is 4.12. The molecule has 4 heteroatoms. The van der Waals surface area contributed by atoms with Gasteiger partial charge in [-0.15, -0.1) is 0 Å². The lowest BCUT2D eigenvalue weighted by Gasteiger charge is -2.31. The van der Waals surface area contributed by atoms with Crippen LogP contribution < -0.4 is 4.74 Å². The zero-order chi connectivity index (χ0) is 11.6. The number of hydrogen-bond acceptors (Lipinski definition) is 3. The van der Waals surface area contributed by atoms with E-state index >= 15 is 0 Å². The summed E-state index contributed by atoms with van der Waals surface area (Å²) >= 11 is 0. The van der Waals surface area contributed by atoms with E-state index in [1.54, 1.807) is 18.0 Å². The Morgan fingerprint density at radius 3 is 2.60 bits per heavy atom. The Balaban J connectivity index is 3.28. The van der Waals surface area contributed by atoms with Crippen LogP contribution >= 0.6 is 0 Å². The number of nitrogens with zero attached hydrogens (tertiary/aromatic N) is 2. The molecule has 1 rings (SSSR count). The Morgan fingerprint density at radius 1 is 1.60 bits per heavy atom. The molecule has 0 amide bonds. The first kappa shape index (κ1) is 12.0. The molecule has 1 atom stereocenters. The summed E-state index contributed by atoms with van der Waals surface area (Å²) in [5.74, 6) is 0.766. The van der Waals surface area contributed by atoms with Crippen LogP contribution in [-0.4, -0.2) is 22.0 Å². The fourth-order valence-corrected chi connectivity index (χ4v) is 1.91. The number of hydrogen-bond donors (Lipinski definition) is 1. The van der Waals surface area contributed by atoms with Gasteiger partial charge in [0.05, 0.1) is 13.3 Å². The van der Waals surface area contributed by atoms with Gasteiger partial charge < -0.3 is 9.84 Å². The average Bonchev–Trinajstić information content (AvgIpc) is 2.58. The number of ether oxygens (including phenoxy) is 1. The van der Waals surface area contributed by atoms with E-state index in [0.717, 1.165) is 5.69 Å². The van der Waals surface area contributed by atoms with Crippen LogP contribution in [0.2, 0.25) is 0 Å². The third-order valence-corrected chi connectivity index (χ3v) is 3.03. The van der Waals surface area contributed by atoms with Crippen LogP contribution in [-0.2, 0) is 12.6 Å². The summed E-state index contributed by atoms with van der Waals surface area (Å²) in [6, 6.07) is 0. The van der Waals surface area contributed by atoms with Gasteiger partial charge in [-0.1, -0.05) is 20.8 Å². The summed E-state index contributed by atoms with van der Waals surface area (Å²) in [7, 11) is 3.41. The largest absolute Gasteiger partial charge is 0.493 e. The van der Waals surface area contributed by atoms with Gasteiger partial charge >= 0.3 is 0 Å². The summed E-state index contributed by atoms with van der Waals surface area (Å²) in [6.07, 6.45) is 2.28. The van der Waals surface area contributed by atoms with E-state index in [0.29, 0.717) is 12.2 Å². The predicted molar refractivity (Wildman–Crippen MR) is 58.8 cm³/mol. The molecule has 1 N–H and O–H groups in total. The van der Waals surface area contributed by atoms with Gasteiger partial charge in [0.1, 0.15) is 11.3 Å². The Labute approximate surface area is 90.9 Å². The highest BCUT2D eigenvalue weighted by atomic mass is 16.5.